The molecule has 0 saturated heterocycles. The zero-order chi connectivity index (χ0) is 24.6. The summed E-state index contributed by atoms with van der Waals surface area (Å²) in [6, 6.07) is 15.6. The number of benzene rings is 2. The SMILES string of the molecule is COCC(=O)N1CCCN(C)CCN(C(=O)c2ccccc2Cn2ccnc2)Cc2ccccc21. The molecule has 3 aromatic rings. The highest BCUT2D eigenvalue weighted by molar-refractivity contribution is 5.97. The highest BCUT2D eigenvalue weighted by Gasteiger charge is 2.24. The fraction of sp³-hybridized carbons (Fsp3) is 0.370. The van der Waals surface area contributed by atoms with Gasteiger partial charge < -0.3 is 24.0 Å². The van der Waals surface area contributed by atoms with E-state index >= 15 is 0 Å². The summed E-state index contributed by atoms with van der Waals surface area (Å²) in [5.41, 5.74) is 3.41. The molecule has 0 bridgehead atoms. The minimum Gasteiger partial charge on any atom is -0.375 e. The van der Waals surface area contributed by atoms with Crippen LogP contribution in [0, 0.1) is 0 Å². The average molecular weight is 476 g/mol. The molecule has 0 aliphatic carbocycles. The quantitative estimate of drug-likeness (QED) is 0.568. The fourth-order valence-electron chi connectivity index (χ4n) is 4.46. The van der Waals surface area contributed by atoms with E-state index < -0.39 is 0 Å². The van der Waals surface area contributed by atoms with E-state index in [2.05, 4.69) is 16.9 Å². The van der Waals surface area contributed by atoms with Crippen molar-refractivity contribution < 1.29 is 14.3 Å². The van der Waals surface area contributed by atoms with Crippen molar-refractivity contribution in [2.45, 2.75) is 19.5 Å². The Morgan fingerprint density at radius 1 is 1.00 bits per heavy atom. The molecule has 8 heteroatoms. The van der Waals surface area contributed by atoms with Gasteiger partial charge in [0, 0.05) is 63.5 Å². The Bertz CT molecular complexity index is 1130. The maximum absolute atomic E-state index is 13.9. The number of amides is 2. The molecule has 184 valence electrons. The summed E-state index contributed by atoms with van der Waals surface area (Å²) in [6.07, 6.45) is 6.22. The summed E-state index contributed by atoms with van der Waals surface area (Å²) in [4.78, 5) is 36.9. The van der Waals surface area contributed by atoms with Gasteiger partial charge in [-0.05, 0) is 43.3 Å². The molecular weight excluding hydrogens is 442 g/mol. The van der Waals surface area contributed by atoms with Crippen LogP contribution < -0.4 is 4.90 Å². The first-order valence-corrected chi connectivity index (χ1v) is 12.0. The van der Waals surface area contributed by atoms with Gasteiger partial charge in [0.05, 0.1) is 6.33 Å². The number of methoxy groups -OCH3 is 1. The number of aromatic nitrogens is 2. The zero-order valence-electron chi connectivity index (χ0n) is 20.5. The second-order valence-electron chi connectivity index (χ2n) is 8.88. The van der Waals surface area contributed by atoms with Gasteiger partial charge in [0.2, 0.25) is 0 Å². The lowest BCUT2D eigenvalue weighted by atomic mass is 10.0. The lowest BCUT2D eigenvalue weighted by molar-refractivity contribution is -0.122. The predicted molar refractivity (Wildman–Crippen MR) is 135 cm³/mol. The van der Waals surface area contributed by atoms with E-state index in [1.54, 1.807) is 17.4 Å². The number of fused-ring (bicyclic) bond motifs is 1. The minimum absolute atomic E-state index is 0.0158. The van der Waals surface area contributed by atoms with E-state index in [1.807, 2.05) is 64.2 Å². The van der Waals surface area contributed by atoms with Crippen LogP contribution in [-0.2, 0) is 22.6 Å². The second kappa shape index (κ2) is 11.8. The van der Waals surface area contributed by atoms with Crippen molar-refractivity contribution in [3.8, 4) is 0 Å². The highest BCUT2D eigenvalue weighted by atomic mass is 16.5. The summed E-state index contributed by atoms with van der Waals surface area (Å²) in [5.74, 6) is -0.0941. The first-order valence-electron chi connectivity index (χ1n) is 12.0. The molecule has 2 heterocycles. The number of ether oxygens (including phenoxy) is 1. The van der Waals surface area contributed by atoms with E-state index in [4.69, 9.17) is 4.74 Å². The van der Waals surface area contributed by atoms with Crippen LogP contribution in [0.5, 0.6) is 0 Å². The lowest BCUT2D eigenvalue weighted by Gasteiger charge is -2.28. The van der Waals surface area contributed by atoms with Crippen LogP contribution in [0.25, 0.3) is 0 Å². The van der Waals surface area contributed by atoms with Crippen LogP contribution in [0.15, 0.2) is 67.3 Å². The molecule has 1 aromatic heterocycles. The number of likely N-dealkylation sites (N-methyl/N-ethyl adjacent to an activating group) is 1. The van der Waals surface area contributed by atoms with Crippen LogP contribution >= 0.6 is 0 Å². The van der Waals surface area contributed by atoms with Gasteiger partial charge in [-0.3, -0.25) is 9.59 Å². The number of para-hydroxylation sites is 1. The first-order chi connectivity index (χ1) is 17.1. The van der Waals surface area contributed by atoms with Gasteiger partial charge >= 0.3 is 0 Å². The number of carbonyl (C=O) groups excluding carboxylic acids is 2. The molecule has 2 amide bonds. The molecule has 0 saturated carbocycles. The zero-order valence-corrected chi connectivity index (χ0v) is 20.5. The standard InChI is InChI=1S/C27H33N5O3/c1-29-13-7-14-32(26(33)20-35-2)25-11-6-4-9-23(25)19-31(17-16-29)27(34)24-10-5-3-8-22(24)18-30-15-12-28-21-30/h3-6,8-12,15,21H,7,13-14,16-20H2,1-2H3. The third-order valence-corrected chi connectivity index (χ3v) is 6.33. The average Bonchev–Trinajstić information content (AvgIpc) is 3.37. The van der Waals surface area contributed by atoms with Crippen LogP contribution in [0.2, 0.25) is 0 Å². The predicted octanol–water partition coefficient (Wildman–Crippen LogP) is 2.89. The normalized spacial score (nSPS) is 15.4. The van der Waals surface area contributed by atoms with Crippen molar-refractivity contribution in [1.29, 1.82) is 0 Å². The van der Waals surface area contributed by atoms with Gasteiger partial charge in [0.15, 0.2) is 0 Å². The Morgan fingerprint density at radius 2 is 1.80 bits per heavy atom. The molecule has 0 atom stereocenters. The Kier molecular flexibility index (Phi) is 8.28. The van der Waals surface area contributed by atoms with Crippen molar-refractivity contribution in [3.05, 3.63) is 83.9 Å². The Labute approximate surface area is 206 Å². The molecule has 1 aliphatic rings. The van der Waals surface area contributed by atoms with Crippen LogP contribution in [-0.4, -0.2) is 78.1 Å². The molecule has 35 heavy (non-hydrogen) atoms. The van der Waals surface area contributed by atoms with Crippen molar-refractivity contribution in [1.82, 2.24) is 19.4 Å². The Morgan fingerprint density at radius 3 is 2.60 bits per heavy atom. The molecule has 0 fully saturated rings. The van der Waals surface area contributed by atoms with Gasteiger partial charge in [-0.1, -0.05) is 36.4 Å². The van der Waals surface area contributed by atoms with Crippen LogP contribution in [0.4, 0.5) is 5.69 Å². The summed E-state index contributed by atoms with van der Waals surface area (Å²) in [6.45, 7) is 3.79. The van der Waals surface area contributed by atoms with Crippen LogP contribution in [0.3, 0.4) is 0 Å². The molecule has 0 radical (unpaired) electrons. The maximum Gasteiger partial charge on any atom is 0.254 e. The monoisotopic (exact) mass is 475 g/mol. The van der Waals surface area contributed by atoms with Gasteiger partial charge in [-0.15, -0.1) is 0 Å². The molecule has 0 unspecified atom stereocenters. The van der Waals surface area contributed by atoms with Crippen molar-refractivity contribution in [3.63, 3.8) is 0 Å². The Balaban J connectivity index is 1.67. The second-order valence-corrected chi connectivity index (χ2v) is 8.88. The molecule has 1 aliphatic heterocycles. The topological polar surface area (TPSA) is 70.9 Å². The van der Waals surface area contributed by atoms with Crippen molar-refractivity contribution >= 4 is 17.5 Å². The van der Waals surface area contributed by atoms with E-state index in [0.717, 1.165) is 36.3 Å². The van der Waals surface area contributed by atoms with Gasteiger partial charge in [-0.25, -0.2) is 4.98 Å². The van der Waals surface area contributed by atoms with Crippen molar-refractivity contribution in [2.24, 2.45) is 0 Å². The molecule has 0 N–H and O–H groups in total. The summed E-state index contributed by atoms with van der Waals surface area (Å²) in [7, 11) is 3.59. The van der Waals surface area contributed by atoms with E-state index in [0.29, 0.717) is 31.7 Å². The van der Waals surface area contributed by atoms with E-state index in [9.17, 15) is 9.59 Å². The number of anilines is 1. The maximum atomic E-state index is 13.9. The third kappa shape index (κ3) is 6.15. The number of carbonyl (C=O) groups is 2. The summed E-state index contributed by atoms with van der Waals surface area (Å²) < 4.78 is 7.11. The van der Waals surface area contributed by atoms with Gasteiger partial charge in [-0.2, -0.15) is 0 Å². The number of imidazole rings is 1. The number of rotatable bonds is 5. The lowest BCUT2D eigenvalue weighted by Crippen LogP contribution is -2.38. The molecule has 4 rings (SSSR count). The molecule has 0 spiro atoms. The minimum atomic E-state index is -0.0783. The van der Waals surface area contributed by atoms with Gasteiger partial charge in [0.1, 0.15) is 6.61 Å². The van der Waals surface area contributed by atoms with E-state index in [-0.39, 0.29) is 18.4 Å². The first kappa shape index (κ1) is 24.6. The number of hydrogen-bond acceptors (Lipinski definition) is 5. The molecular formula is C27H33N5O3. The molecule has 8 nitrogen and oxygen atoms in total. The Hall–Kier alpha value is -3.49. The highest BCUT2D eigenvalue weighted by Crippen LogP contribution is 2.25. The van der Waals surface area contributed by atoms with Crippen molar-refractivity contribution in [2.75, 3.05) is 51.8 Å². The smallest absolute Gasteiger partial charge is 0.254 e. The third-order valence-electron chi connectivity index (χ3n) is 6.33. The summed E-state index contributed by atoms with van der Waals surface area (Å²) in [5, 5.41) is 0. The molecule has 2 aromatic carbocycles. The van der Waals surface area contributed by atoms with E-state index in [1.165, 1.54) is 7.11 Å². The largest absolute Gasteiger partial charge is 0.375 e. The number of nitrogens with zero attached hydrogens (tertiary/aromatic N) is 5. The van der Waals surface area contributed by atoms with Gasteiger partial charge in [0.25, 0.3) is 11.8 Å². The fourth-order valence-corrected chi connectivity index (χ4v) is 4.46. The summed E-state index contributed by atoms with van der Waals surface area (Å²) >= 11 is 0. The van der Waals surface area contributed by atoms with Crippen LogP contribution in [0.1, 0.15) is 27.9 Å². The number of hydrogen-bond donors (Lipinski definition) is 0.